The molecule has 2 aromatic rings. The van der Waals surface area contributed by atoms with Gasteiger partial charge in [-0.3, -0.25) is 14.5 Å². The number of amides is 2. The van der Waals surface area contributed by atoms with E-state index in [0.717, 1.165) is 29.1 Å². The van der Waals surface area contributed by atoms with E-state index in [1.54, 1.807) is 16.2 Å². The SMILES string of the molecule is N#CCCN(C(=O)CCC(=O)N1CCN(Cc2ccc(Br)s2)CC1)c1ccccc1. The fraction of sp³-hybridized carbons (Fsp3) is 0.409. The standard InChI is InChI=1S/C22H25BrN4O2S/c23-20-8-7-19(30-20)17-25-13-15-26(16-14-25)21(28)9-10-22(29)27(12-4-11-24)18-5-2-1-3-6-18/h1-3,5-8H,4,9-10,12-17H2. The molecule has 6 nitrogen and oxygen atoms in total. The summed E-state index contributed by atoms with van der Waals surface area (Å²) in [5.74, 6) is -0.0955. The van der Waals surface area contributed by atoms with Crippen LogP contribution in [0.25, 0.3) is 0 Å². The Hall–Kier alpha value is -2.21. The van der Waals surface area contributed by atoms with Crippen LogP contribution in [0.4, 0.5) is 5.69 Å². The summed E-state index contributed by atoms with van der Waals surface area (Å²) < 4.78 is 1.13. The van der Waals surface area contributed by atoms with Gasteiger partial charge in [0, 0.05) is 62.7 Å². The van der Waals surface area contributed by atoms with Crippen LogP contribution in [0.3, 0.4) is 0 Å². The summed E-state index contributed by atoms with van der Waals surface area (Å²) in [6, 6.07) is 15.6. The van der Waals surface area contributed by atoms with E-state index >= 15 is 0 Å². The van der Waals surface area contributed by atoms with E-state index in [-0.39, 0.29) is 31.1 Å². The van der Waals surface area contributed by atoms with Gasteiger partial charge >= 0.3 is 0 Å². The van der Waals surface area contributed by atoms with Gasteiger partial charge in [-0.05, 0) is 40.2 Å². The number of nitriles is 1. The first-order valence-electron chi connectivity index (χ1n) is 10.0. The number of carbonyl (C=O) groups excluding carboxylic acids is 2. The van der Waals surface area contributed by atoms with Crippen LogP contribution in [0.1, 0.15) is 24.1 Å². The second kappa shape index (κ2) is 11.3. The molecule has 0 spiro atoms. The number of nitrogens with zero attached hydrogens (tertiary/aromatic N) is 4. The van der Waals surface area contributed by atoms with Crippen molar-refractivity contribution in [3.05, 3.63) is 51.1 Å². The Morgan fingerprint density at radius 1 is 1.07 bits per heavy atom. The second-order valence-corrected chi connectivity index (χ2v) is 9.70. The molecule has 0 bridgehead atoms. The predicted octanol–water partition coefficient (Wildman–Crippen LogP) is 3.88. The van der Waals surface area contributed by atoms with E-state index in [9.17, 15) is 9.59 Å². The molecule has 1 aliphatic heterocycles. The summed E-state index contributed by atoms with van der Waals surface area (Å²) in [7, 11) is 0. The van der Waals surface area contributed by atoms with Crippen LogP contribution < -0.4 is 4.90 Å². The fourth-order valence-electron chi connectivity index (χ4n) is 3.49. The zero-order valence-corrected chi connectivity index (χ0v) is 19.2. The predicted molar refractivity (Wildman–Crippen MR) is 122 cm³/mol. The third-order valence-corrected chi connectivity index (χ3v) is 6.71. The minimum Gasteiger partial charge on any atom is -0.340 e. The van der Waals surface area contributed by atoms with E-state index in [2.05, 4.69) is 39.0 Å². The molecular weight excluding hydrogens is 464 g/mol. The molecular formula is C22H25BrN4O2S. The van der Waals surface area contributed by atoms with Gasteiger partial charge < -0.3 is 9.80 Å². The van der Waals surface area contributed by atoms with Crippen LogP contribution in [-0.4, -0.2) is 54.3 Å². The van der Waals surface area contributed by atoms with Crippen molar-refractivity contribution >= 4 is 44.8 Å². The smallest absolute Gasteiger partial charge is 0.227 e. The molecule has 1 saturated heterocycles. The van der Waals surface area contributed by atoms with Crippen molar-refractivity contribution in [2.24, 2.45) is 0 Å². The Labute approximate surface area is 189 Å². The number of piperazine rings is 1. The first kappa shape index (κ1) is 22.5. The lowest BCUT2D eigenvalue weighted by Gasteiger charge is -2.34. The van der Waals surface area contributed by atoms with Gasteiger partial charge in [0.1, 0.15) is 0 Å². The molecule has 2 heterocycles. The Morgan fingerprint density at radius 2 is 1.80 bits per heavy atom. The number of hydrogen-bond donors (Lipinski definition) is 0. The van der Waals surface area contributed by atoms with Crippen molar-refractivity contribution in [1.82, 2.24) is 9.80 Å². The lowest BCUT2D eigenvalue weighted by molar-refractivity contribution is -0.134. The highest BCUT2D eigenvalue weighted by atomic mass is 79.9. The van der Waals surface area contributed by atoms with Crippen molar-refractivity contribution in [3.8, 4) is 6.07 Å². The molecule has 3 rings (SSSR count). The number of thiophene rings is 1. The third kappa shape index (κ3) is 6.39. The molecule has 0 N–H and O–H groups in total. The zero-order chi connectivity index (χ0) is 21.3. The Balaban J connectivity index is 1.46. The van der Waals surface area contributed by atoms with Gasteiger partial charge in [-0.2, -0.15) is 5.26 Å². The Morgan fingerprint density at radius 3 is 2.43 bits per heavy atom. The average Bonchev–Trinajstić information content (AvgIpc) is 3.18. The molecule has 1 aliphatic rings. The van der Waals surface area contributed by atoms with Gasteiger partial charge in [0.05, 0.1) is 16.3 Å². The van der Waals surface area contributed by atoms with Gasteiger partial charge in [-0.1, -0.05) is 18.2 Å². The quantitative estimate of drug-likeness (QED) is 0.565. The minimum absolute atomic E-state index is 0.0233. The maximum Gasteiger partial charge on any atom is 0.227 e. The van der Waals surface area contributed by atoms with Gasteiger partial charge in [0.2, 0.25) is 11.8 Å². The van der Waals surface area contributed by atoms with Crippen molar-refractivity contribution < 1.29 is 9.59 Å². The summed E-state index contributed by atoms with van der Waals surface area (Å²) in [6.45, 7) is 4.31. The highest BCUT2D eigenvalue weighted by Crippen LogP contribution is 2.23. The van der Waals surface area contributed by atoms with Crippen molar-refractivity contribution in [2.45, 2.75) is 25.8 Å². The van der Waals surface area contributed by atoms with Crippen molar-refractivity contribution in [3.63, 3.8) is 0 Å². The molecule has 1 aromatic carbocycles. The van der Waals surface area contributed by atoms with E-state index in [0.29, 0.717) is 19.6 Å². The van der Waals surface area contributed by atoms with E-state index in [4.69, 9.17) is 5.26 Å². The van der Waals surface area contributed by atoms with Crippen LogP contribution in [-0.2, 0) is 16.1 Å². The van der Waals surface area contributed by atoms with Crippen LogP contribution in [0.5, 0.6) is 0 Å². The monoisotopic (exact) mass is 488 g/mol. The molecule has 1 fully saturated rings. The average molecular weight is 489 g/mol. The van der Waals surface area contributed by atoms with Gasteiger partial charge in [-0.25, -0.2) is 0 Å². The van der Waals surface area contributed by atoms with Crippen molar-refractivity contribution in [1.29, 1.82) is 5.26 Å². The summed E-state index contributed by atoms with van der Waals surface area (Å²) in [5, 5.41) is 8.89. The number of carbonyl (C=O) groups is 2. The lowest BCUT2D eigenvalue weighted by Crippen LogP contribution is -2.48. The summed E-state index contributed by atoms with van der Waals surface area (Å²) in [6.07, 6.45) is 0.618. The lowest BCUT2D eigenvalue weighted by atomic mass is 10.2. The number of para-hydroxylation sites is 1. The molecule has 8 heteroatoms. The molecule has 0 saturated carbocycles. The molecule has 0 aliphatic carbocycles. The molecule has 0 unspecified atom stereocenters. The largest absolute Gasteiger partial charge is 0.340 e. The second-order valence-electron chi connectivity index (χ2n) is 7.15. The molecule has 2 amide bonds. The first-order valence-corrected chi connectivity index (χ1v) is 11.6. The number of anilines is 1. The minimum atomic E-state index is -0.119. The van der Waals surface area contributed by atoms with Gasteiger partial charge in [0.15, 0.2) is 0 Å². The maximum atomic E-state index is 12.7. The third-order valence-electron chi connectivity index (χ3n) is 5.10. The Bertz CT molecular complexity index is 888. The number of hydrogen-bond acceptors (Lipinski definition) is 5. The number of benzene rings is 1. The van der Waals surface area contributed by atoms with Crippen LogP contribution in [0, 0.1) is 11.3 Å². The normalized spacial score (nSPS) is 14.3. The molecule has 0 radical (unpaired) electrons. The maximum absolute atomic E-state index is 12.7. The summed E-state index contributed by atoms with van der Waals surface area (Å²) in [5.41, 5.74) is 0.763. The molecule has 1 aromatic heterocycles. The fourth-order valence-corrected chi connectivity index (χ4v) is 5.01. The van der Waals surface area contributed by atoms with Crippen LogP contribution >= 0.6 is 27.3 Å². The van der Waals surface area contributed by atoms with E-state index in [1.165, 1.54) is 4.88 Å². The van der Waals surface area contributed by atoms with Crippen LogP contribution in [0.15, 0.2) is 46.3 Å². The van der Waals surface area contributed by atoms with Gasteiger partial charge in [-0.15, -0.1) is 11.3 Å². The van der Waals surface area contributed by atoms with E-state index in [1.807, 2.05) is 35.2 Å². The van der Waals surface area contributed by atoms with Crippen LogP contribution in [0.2, 0.25) is 0 Å². The summed E-state index contributed by atoms with van der Waals surface area (Å²) >= 11 is 5.23. The Kier molecular flexibility index (Phi) is 8.43. The number of rotatable bonds is 8. The van der Waals surface area contributed by atoms with E-state index < -0.39 is 0 Å². The highest BCUT2D eigenvalue weighted by molar-refractivity contribution is 9.11. The topological polar surface area (TPSA) is 67.6 Å². The molecule has 30 heavy (non-hydrogen) atoms. The molecule has 158 valence electrons. The first-order chi connectivity index (χ1) is 14.6. The van der Waals surface area contributed by atoms with Gasteiger partial charge in [0.25, 0.3) is 0 Å². The zero-order valence-electron chi connectivity index (χ0n) is 16.8. The molecule has 0 atom stereocenters. The number of halogens is 1. The highest BCUT2D eigenvalue weighted by Gasteiger charge is 2.23. The van der Waals surface area contributed by atoms with Crippen molar-refractivity contribution in [2.75, 3.05) is 37.6 Å². The summed E-state index contributed by atoms with van der Waals surface area (Å²) in [4.78, 5) is 32.5.